The zero-order chi connectivity index (χ0) is 17.2. The molecule has 6 nitrogen and oxygen atoms in total. The lowest BCUT2D eigenvalue weighted by Crippen LogP contribution is -2.45. The van der Waals surface area contributed by atoms with Gasteiger partial charge in [-0.2, -0.15) is 4.31 Å². The Labute approximate surface area is 147 Å². The summed E-state index contributed by atoms with van der Waals surface area (Å²) in [5.74, 6) is -1.50. The summed E-state index contributed by atoms with van der Waals surface area (Å²) in [6.45, 7) is 2.42. The normalized spacial score (nSPS) is 20.1. The molecule has 1 fully saturated rings. The number of nitrogens with two attached hydrogens (primary N) is 1. The van der Waals surface area contributed by atoms with E-state index < -0.39 is 21.8 Å². The van der Waals surface area contributed by atoms with Gasteiger partial charge in [0.15, 0.2) is 0 Å². The van der Waals surface area contributed by atoms with Gasteiger partial charge in [-0.25, -0.2) is 17.6 Å². The maximum atomic E-state index is 13.6. The molecule has 1 saturated heterocycles. The van der Waals surface area contributed by atoms with Crippen molar-refractivity contribution in [2.75, 3.05) is 20.2 Å². The van der Waals surface area contributed by atoms with Crippen molar-refractivity contribution >= 4 is 28.4 Å². The third kappa shape index (κ3) is 4.24. The summed E-state index contributed by atoms with van der Waals surface area (Å²) in [6.07, 6.45) is 1.52. The van der Waals surface area contributed by atoms with Crippen LogP contribution in [-0.2, 0) is 14.8 Å². The Morgan fingerprint density at radius 2 is 2.12 bits per heavy atom. The van der Waals surface area contributed by atoms with Crippen molar-refractivity contribution in [3.05, 3.63) is 29.6 Å². The number of esters is 1. The largest absolute Gasteiger partial charge is 0.465 e. The number of nitrogens with zero attached hydrogens (tertiary/aromatic N) is 1. The molecule has 2 atom stereocenters. The van der Waals surface area contributed by atoms with Crippen LogP contribution in [0.1, 0.15) is 30.1 Å². The zero-order valence-corrected chi connectivity index (χ0v) is 15.2. The molecule has 9 heteroatoms. The van der Waals surface area contributed by atoms with E-state index in [4.69, 9.17) is 5.73 Å². The highest BCUT2D eigenvalue weighted by Crippen LogP contribution is 2.27. The fraction of sp³-hybridized carbons (Fsp3) is 0.533. The fourth-order valence-electron chi connectivity index (χ4n) is 2.75. The molecule has 1 aromatic rings. The minimum atomic E-state index is -4.00. The second-order valence-corrected chi connectivity index (χ2v) is 7.66. The summed E-state index contributed by atoms with van der Waals surface area (Å²) < 4.78 is 45.1. The molecule has 0 radical (unpaired) electrons. The van der Waals surface area contributed by atoms with Gasteiger partial charge >= 0.3 is 5.97 Å². The van der Waals surface area contributed by atoms with Gasteiger partial charge < -0.3 is 10.5 Å². The van der Waals surface area contributed by atoms with Crippen molar-refractivity contribution in [1.29, 1.82) is 0 Å². The molecule has 24 heavy (non-hydrogen) atoms. The SMILES string of the molecule is COC(=O)c1ccc(F)cc1S(=O)(=O)N1CCCC(C(C)N)C1.Cl. The summed E-state index contributed by atoms with van der Waals surface area (Å²) in [7, 11) is -2.85. The number of methoxy groups -OCH3 is 1. The Hall–Kier alpha value is -1.22. The average molecular weight is 381 g/mol. The van der Waals surface area contributed by atoms with Gasteiger partial charge in [-0.05, 0) is 43.9 Å². The Kier molecular flexibility index (Phi) is 7.15. The summed E-state index contributed by atoms with van der Waals surface area (Å²) in [5.41, 5.74) is 5.71. The number of halogens is 2. The molecular formula is C15H22ClFN2O4S. The second kappa shape index (κ2) is 8.24. The first-order valence-electron chi connectivity index (χ1n) is 7.41. The summed E-state index contributed by atoms with van der Waals surface area (Å²) in [5, 5.41) is 0. The standard InChI is InChI=1S/C15H21FN2O4S.ClH/c1-10(17)11-4-3-7-18(9-11)23(20,21)14-8-12(16)5-6-13(14)15(19)22-2;/h5-6,8,10-11H,3-4,7,9,17H2,1-2H3;1H. The number of rotatable bonds is 4. The highest BCUT2D eigenvalue weighted by Gasteiger charge is 2.34. The van der Waals surface area contributed by atoms with Gasteiger partial charge in [0, 0.05) is 19.1 Å². The zero-order valence-electron chi connectivity index (χ0n) is 13.6. The first-order chi connectivity index (χ1) is 10.8. The Morgan fingerprint density at radius 1 is 1.46 bits per heavy atom. The van der Waals surface area contributed by atoms with Crippen LogP contribution in [-0.4, -0.2) is 44.9 Å². The van der Waals surface area contributed by atoms with Gasteiger partial charge in [0.2, 0.25) is 10.0 Å². The van der Waals surface area contributed by atoms with Crippen LogP contribution in [0.5, 0.6) is 0 Å². The molecule has 1 aliphatic rings. The van der Waals surface area contributed by atoms with E-state index in [1.54, 1.807) is 0 Å². The number of carbonyl (C=O) groups excluding carboxylic acids is 1. The Morgan fingerprint density at radius 3 is 2.71 bits per heavy atom. The molecule has 0 aromatic heterocycles. The first kappa shape index (κ1) is 20.8. The number of hydrogen-bond acceptors (Lipinski definition) is 5. The smallest absolute Gasteiger partial charge is 0.339 e. The van der Waals surface area contributed by atoms with Crippen LogP contribution in [0.4, 0.5) is 4.39 Å². The molecule has 1 aromatic carbocycles. The van der Waals surface area contributed by atoms with Crippen LogP contribution in [0, 0.1) is 11.7 Å². The van der Waals surface area contributed by atoms with Gasteiger partial charge in [0.05, 0.1) is 17.6 Å². The van der Waals surface area contributed by atoms with Gasteiger partial charge in [0.1, 0.15) is 5.82 Å². The second-order valence-electron chi connectivity index (χ2n) is 5.76. The fourth-order valence-corrected chi connectivity index (χ4v) is 4.47. The van der Waals surface area contributed by atoms with Crippen molar-refractivity contribution in [3.8, 4) is 0 Å². The summed E-state index contributed by atoms with van der Waals surface area (Å²) in [6, 6.07) is 2.88. The van der Waals surface area contributed by atoms with Gasteiger partial charge in [-0.3, -0.25) is 0 Å². The van der Waals surface area contributed by atoms with Crippen LogP contribution in [0.2, 0.25) is 0 Å². The Bertz CT molecular complexity index is 697. The van der Waals surface area contributed by atoms with Crippen LogP contribution in [0.15, 0.2) is 23.1 Å². The molecule has 0 amide bonds. The Balaban J connectivity index is 0.00000288. The predicted molar refractivity (Wildman–Crippen MR) is 90.1 cm³/mol. The third-order valence-electron chi connectivity index (χ3n) is 4.13. The van der Waals surface area contributed by atoms with E-state index in [1.807, 2.05) is 6.92 Å². The van der Waals surface area contributed by atoms with E-state index in [0.717, 1.165) is 31.7 Å². The first-order valence-corrected chi connectivity index (χ1v) is 8.85. The monoisotopic (exact) mass is 380 g/mol. The maximum Gasteiger partial charge on any atom is 0.339 e. The molecule has 1 heterocycles. The van der Waals surface area contributed by atoms with E-state index in [1.165, 1.54) is 4.31 Å². The number of benzene rings is 1. The number of hydrogen-bond donors (Lipinski definition) is 1. The predicted octanol–water partition coefficient (Wildman–Crippen LogP) is 1.78. The van der Waals surface area contributed by atoms with Crippen LogP contribution in [0.3, 0.4) is 0 Å². The number of sulfonamides is 1. The van der Waals surface area contributed by atoms with Crippen molar-refractivity contribution in [2.45, 2.75) is 30.7 Å². The van der Waals surface area contributed by atoms with Crippen LogP contribution < -0.4 is 5.73 Å². The van der Waals surface area contributed by atoms with E-state index in [9.17, 15) is 17.6 Å². The molecule has 2 unspecified atom stereocenters. The molecular weight excluding hydrogens is 359 g/mol. The van der Waals surface area contributed by atoms with Crippen molar-refractivity contribution in [3.63, 3.8) is 0 Å². The molecule has 0 spiro atoms. The van der Waals surface area contributed by atoms with Crippen molar-refractivity contribution in [1.82, 2.24) is 4.31 Å². The van der Waals surface area contributed by atoms with Gasteiger partial charge in [0.25, 0.3) is 0 Å². The van der Waals surface area contributed by atoms with E-state index in [0.29, 0.717) is 13.0 Å². The minimum absolute atomic E-state index is 0. The lowest BCUT2D eigenvalue weighted by molar-refractivity contribution is 0.0596. The summed E-state index contributed by atoms with van der Waals surface area (Å²) in [4.78, 5) is 11.4. The lowest BCUT2D eigenvalue weighted by Gasteiger charge is -2.34. The number of ether oxygens (including phenoxy) is 1. The van der Waals surface area contributed by atoms with Crippen molar-refractivity contribution in [2.24, 2.45) is 11.7 Å². The molecule has 136 valence electrons. The van der Waals surface area contributed by atoms with E-state index >= 15 is 0 Å². The van der Waals surface area contributed by atoms with E-state index in [-0.39, 0.29) is 41.4 Å². The molecule has 2 rings (SSSR count). The number of piperidine rings is 1. The number of carbonyl (C=O) groups is 1. The van der Waals surface area contributed by atoms with Crippen LogP contribution in [0.25, 0.3) is 0 Å². The van der Waals surface area contributed by atoms with Crippen molar-refractivity contribution < 1.29 is 22.3 Å². The molecule has 0 aliphatic carbocycles. The van der Waals surface area contributed by atoms with Crippen LogP contribution >= 0.6 is 12.4 Å². The quantitative estimate of drug-likeness (QED) is 0.804. The minimum Gasteiger partial charge on any atom is -0.465 e. The topological polar surface area (TPSA) is 89.7 Å². The van der Waals surface area contributed by atoms with Gasteiger partial charge in [-0.15, -0.1) is 12.4 Å². The average Bonchev–Trinajstić information content (AvgIpc) is 2.54. The molecule has 0 saturated carbocycles. The summed E-state index contributed by atoms with van der Waals surface area (Å²) >= 11 is 0. The van der Waals surface area contributed by atoms with E-state index in [2.05, 4.69) is 4.74 Å². The highest BCUT2D eigenvalue weighted by molar-refractivity contribution is 7.89. The lowest BCUT2D eigenvalue weighted by atomic mass is 9.93. The highest BCUT2D eigenvalue weighted by atomic mass is 35.5. The van der Waals surface area contributed by atoms with Gasteiger partial charge in [-0.1, -0.05) is 0 Å². The molecule has 1 aliphatic heterocycles. The molecule has 2 N–H and O–H groups in total. The maximum absolute atomic E-state index is 13.6. The third-order valence-corrected chi connectivity index (χ3v) is 6.04. The molecule has 0 bridgehead atoms.